The lowest BCUT2D eigenvalue weighted by Crippen LogP contribution is -2.32. The normalized spacial score (nSPS) is 15.4. The molecule has 0 aromatic heterocycles. The van der Waals surface area contributed by atoms with Crippen molar-refractivity contribution in [2.75, 3.05) is 16.8 Å². The van der Waals surface area contributed by atoms with Gasteiger partial charge in [0.05, 0.1) is 6.61 Å². The first kappa shape index (κ1) is 18.1. The number of fused-ring (bicyclic) bond motifs is 1. The number of para-hydroxylation sites is 1. The average Bonchev–Trinajstić information content (AvgIpc) is 3.01. The van der Waals surface area contributed by atoms with Crippen molar-refractivity contribution in [2.45, 2.75) is 26.4 Å². The molecule has 1 amide bonds. The van der Waals surface area contributed by atoms with Gasteiger partial charge >= 0.3 is 0 Å². The van der Waals surface area contributed by atoms with Crippen LogP contribution in [0.3, 0.4) is 0 Å². The van der Waals surface area contributed by atoms with Gasteiger partial charge in [0.1, 0.15) is 11.9 Å². The number of hydrogen-bond acceptors (Lipinski definition) is 3. The largest absolute Gasteiger partial charge is 0.494 e. The van der Waals surface area contributed by atoms with Crippen molar-refractivity contribution >= 4 is 17.3 Å². The Hall–Kier alpha value is -3.27. The predicted octanol–water partition coefficient (Wildman–Crippen LogP) is 5.42. The molecule has 0 aliphatic carbocycles. The molecule has 0 spiro atoms. The van der Waals surface area contributed by atoms with Crippen LogP contribution < -0.4 is 15.0 Å². The number of rotatable bonds is 6. The Morgan fingerprint density at radius 3 is 2.39 bits per heavy atom. The SMILES string of the molecule is CCOc1ccc(N2C(=O)c3ccccc3C2Nc2ccccc2CC)cc1. The van der Waals surface area contributed by atoms with Crippen molar-refractivity contribution in [1.29, 1.82) is 0 Å². The molecule has 1 aliphatic rings. The van der Waals surface area contributed by atoms with Crippen LogP contribution >= 0.6 is 0 Å². The first-order valence-corrected chi connectivity index (χ1v) is 9.72. The van der Waals surface area contributed by atoms with Gasteiger partial charge in [-0.2, -0.15) is 0 Å². The summed E-state index contributed by atoms with van der Waals surface area (Å²) in [4.78, 5) is 15.0. The van der Waals surface area contributed by atoms with Gasteiger partial charge in [-0.15, -0.1) is 0 Å². The summed E-state index contributed by atoms with van der Waals surface area (Å²) in [7, 11) is 0. The van der Waals surface area contributed by atoms with E-state index in [-0.39, 0.29) is 12.1 Å². The highest BCUT2D eigenvalue weighted by Gasteiger charge is 2.37. The molecular weight excluding hydrogens is 348 g/mol. The maximum Gasteiger partial charge on any atom is 0.260 e. The van der Waals surface area contributed by atoms with Gasteiger partial charge in [-0.25, -0.2) is 0 Å². The average molecular weight is 372 g/mol. The smallest absolute Gasteiger partial charge is 0.260 e. The van der Waals surface area contributed by atoms with Gasteiger partial charge in [0.15, 0.2) is 0 Å². The van der Waals surface area contributed by atoms with Crippen LogP contribution in [0.2, 0.25) is 0 Å². The van der Waals surface area contributed by atoms with Gasteiger partial charge in [-0.1, -0.05) is 43.3 Å². The molecule has 4 heteroatoms. The molecule has 3 aromatic rings. The monoisotopic (exact) mass is 372 g/mol. The van der Waals surface area contributed by atoms with Crippen LogP contribution in [-0.4, -0.2) is 12.5 Å². The summed E-state index contributed by atoms with van der Waals surface area (Å²) >= 11 is 0. The minimum absolute atomic E-state index is 0.00578. The highest BCUT2D eigenvalue weighted by molar-refractivity contribution is 6.11. The fraction of sp³-hybridized carbons (Fsp3) is 0.208. The predicted molar refractivity (Wildman–Crippen MR) is 113 cm³/mol. The van der Waals surface area contributed by atoms with E-state index in [2.05, 4.69) is 24.4 Å². The number of nitrogens with zero attached hydrogens (tertiary/aromatic N) is 1. The number of hydrogen-bond donors (Lipinski definition) is 1. The first-order chi connectivity index (χ1) is 13.7. The van der Waals surface area contributed by atoms with Crippen molar-refractivity contribution in [2.24, 2.45) is 0 Å². The Morgan fingerprint density at radius 1 is 0.929 bits per heavy atom. The summed E-state index contributed by atoms with van der Waals surface area (Å²) in [6.07, 6.45) is 0.670. The van der Waals surface area contributed by atoms with Crippen LogP contribution in [-0.2, 0) is 6.42 Å². The minimum Gasteiger partial charge on any atom is -0.494 e. The van der Waals surface area contributed by atoms with E-state index >= 15 is 0 Å². The van der Waals surface area contributed by atoms with Crippen molar-refractivity contribution < 1.29 is 9.53 Å². The number of carbonyl (C=O) groups excluding carboxylic acids is 1. The van der Waals surface area contributed by atoms with Gasteiger partial charge < -0.3 is 10.1 Å². The lowest BCUT2D eigenvalue weighted by atomic mass is 10.1. The van der Waals surface area contributed by atoms with Crippen LogP contribution in [0, 0.1) is 0 Å². The molecule has 142 valence electrons. The molecule has 1 heterocycles. The summed E-state index contributed by atoms with van der Waals surface area (Å²) in [5.74, 6) is 0.808. The Balaban J connectivity index is 1.74. The lowest BCUT2D eigenvalue weighted by molar-refractivity contribution is 0.0993. The van der Waals surface area contributed by atoms with E-state index in [4.69, 9.17) is 4.74 Å². The second-order valence-electron chi connectivity index (χ2n) is 6.75. The molecule has 0 saturated heterocycles. The second kappa shape index (κ2) is 7.77. The zero-order valence-electron chi connectivity index (χ0n) is 16.2. The number of nitrogens with one attached hydrogen (secondary N) is 1. The molecule has 1 atom stereocenters. The number of benzene rings is 3. The third-order valence-corrected chi connectivity index (χ3v) is 5.08. The molecule has 3 aromatic carbocycles. The van der Waals surface area contributed by atoms with Gasteiger partial charge in [0, 0.05) is 22.5 Å². The summed E-state index contributed by atoms with van der Waals surface area (Å²) in [5.41, 5.74) is 4.85. The highest BCUT2D eigenvalue weighted by Crippen LogP contribution is 2.39. The van der Waals surface area contributed by atoms with E-state index in [9.17, 15) is 4.79 Å². The fourth-order valence-electron chi connectivity index (χ4n) is 3.71. The van der Waals surface area contributed by atoms with Gasteiger partial charge in [0.25, 0.3) is 5.91 Å². The third-order valence-electron chi connectivity index (χ3n) is 5.08. The molecule has 4 nitrogen and oxygen atoms in total. The number of anilines is 2. The van der Waals surface area contributed by atoms with Crippen molar-refractivity contribution in [3.05, 3.63) is 89.5 Å². The zero-order valence-corrected chi connectivity index (χ0v) is 16.2. The molecule has 1 aliphatic heterocycles. The molecule has 0 fully saturated rings. The zero-order chi connectivity index (χ0) is 19.5. The summed E-state index contributed by atoms with van der Waals surface area (Å²) in [6, 6.07) is 23.8. The summed E-state index contributed by atoms with van der Waals surface area (Å²) in [6.45, 7) is 4.71. The van der Waals surface area contributed by atoms with Gasteiger partial charge in [-0.3, -0.25) is 9.69 Å². The molecule has 1 N–H and O–H groups in total. The highest BCUT2D eigenvalue weighted by atomic mass is 16.5. The van der Waals surface area contributed by atoms with Crippen molar-refractivity contribution in [1.82, 2.24) is 0 Å². The Kier molecular flexibility index (Phi) is 5.02. The second-order valence-corrected chi connectivity index (χ2v) is 6.75. The third kappa shape index (κ3) is 3.22. The van der Waals surface area contributed by atoms with Crippen LogP contribution in [0.4, 0.5) is 11.4 Å². The lowest BCUT2D eigenvalue weighted by Gasteiger charge is -2.28. The molecule has 1 unspecified atom stereocenters. The van der Waals surface area contributed by atoms with Gasteiger partial charge in [-0.05, 0) is 55.3 Å². The fourth-order valence-corrected chi connectivity index (χ4v) is 3.71. The molecule has 28 heavy (non-hydrogen) atoms. The van der Waals surface area contributed by atoms with E-state index in [1.54, 1.807) is 0 Å². The Labute approximate surface area is 165 Å². The van der Waals surface area contributed by atoms with Crippen LogP contribution in [0.1, 0.15) is 41.5 Å². The molecule has 0 bridgehead atoms. The number of aryl methyl sites for hydroxylation is 1. The number of amides is 1. The number of ether oxygens (including phenoxy) is 1. The first-order valence-electron chi connectivity index (χ1n) is 9.72. The van der Waals surface area contributed by atoms with Gasteiger partial charge in [0.2, 0.25) is 0 Å². The Bertz CT molecular complexity index is 982. The van der Waals surface area contributed by atoms with Crippen molar-refractivity contribution in [3.63, 3.8) is 0 Å². The van der Waals surface area contributed by atoms with E-state index in [1.807, 2.05) is 72.5 Å². The topological polar surface area (TPSA) is 41.6 Å². The van der Waals surface area contributed by atoms with Crippen molar-refractivity contribution in [3.8, 4) is 5.75 Å². The van der Waals surface area contributed by atoms with E-state index < -0.39 is 0 Å². The molecule has 0 saturated carbocycles. The maximum atomic E-state index is 13.2. The van der Waals surface area contributed by atoms with Crippen LogP contribution in [0.5, 0.6) is 5.75 Å². The van der Waals surface area contributed by atoms with Crippen LogP contribution in [0.25, 0.3) is 0 Å². The standard InChI is InChI=1S/C24H24N2O2/c1-3-17-9-5-8-12-22(17)25-23-20-10-6-7-11-21(20)24(27)26(23)18-13-15-19(16-14-18)28-4-2/h5-16,23,25H,3-4H2,1-2H3. The van der Waals surface area contributed by atoms with E-state index in [1.165, 1.54) is 5.56 Å². The van der Waals surface area contributed by atoms with Crippen LogP contribution in [0.15, 0.2) is 72.8 Å². The van der Waals surface area contributed by atoms with E-state index in [0.717, 1.165) is 34.7 Å². The van der Waals surface area contributed by atoms with E-state index in [0.29, 0.717) is 6.61 Å². The quantitative estimate of drug-likeness (QED) is 0.628. The molecule has 4 rings (SSSR count). The Morgan fingerprint density at radius 2 is 1.64 bits per heavy atom. The minimum atomic E-state index is -0.255. The number of carbonyl (C=O) groups is 1. The molecular formula is C24H24N2O2. The maximum absolute atomic E-state index is 13.2. The molecule has 0 radical (unpaired) electrons. The summed E-state index contributed by atoms with van der Waals surface area (Å²) in [5, 5.41) is 3.61. The summed E-state index contributed by atoms with van der Waals surface area (Å²) < 4.78 is 5.55.